The monoisotopic (exact) mass is 455 g/mol. The molecular formula is C24H14F5N3O. The zero-order valence-corrected chi connectivity index (χ0v) is 17.0. The van der Waals surface area contributed by atoms with Crippen LogP contribution in [0.2, 0.25) is 0 Å². The minimum absolute atomic E-state index is 0.147. The van der Waals surface area contributed by atoms with Crippen molar-refractivity contribution in [1.82, 2.24) is 14.6 Å². The van der Waals surface area contributed by atoms with Crippen molar-refractivity contribution in [2.24, 2.45) is 0 Å². The van der Waals surface area contributed by atoms with E-state index in [9.17, 15) is 26.7 Å². The molecule has 9 heteroatoms. The van der Waals surface area contributed by atoms with Gasteiger partial charge in [0.2, 0.25) is 0 Å². The van der Waals surface area contributed by atoms with E-state index in [2.05, 4.69) is 10.1 Å². The Bertz CT molecular complexity index is 1600. The van der Waals surface area contributed by atoms with E-state index in [1.165, 1.54) is 34.8 Å². The highest BCUT2D eigenvalue weighted by Crippen LogP contribution is 2.33. The molecule has 0 amide bonds. The minimum atomic E-state index is -4.47. The van der Waals surface area contributed by atoms with Gasteiger partial charge in [0.15, 0.2) is 5.65 Å². The molecule has 0 aliphatic carbocycles. The van der Waals surface area contributed by atoms with Crippen molar-refractivity contribution in [1.29, 1.82) is 0 Å². The molecule has 2 aromatic heterocycles. The summed E-state index contributed by atoms with van der Waals surface area (Å²) in [5.41, 5.74) is 1.31. The van der Waals surface area contributed by atoms with Crippen LogP contribution in [0.1, 0.15) is 11.3 Å². The summed E-state index contributed by atoms with van der Waals surface area (Å²) < 4.78 is 67.6. The van der Waals surface area contributed by atoms with Gasteiger partial charge in [-0.3, -0.25) is 9.89 Å². The van der Waals surface area contributed by atoms with E-state index < -0.39 is 28.9 Å². The molecule has 5 rings (SSSR count). The highest BCUT2D eigenvalue weighted by molar-refractivity contribution is 5.88. The van der Waals surface area contributed by atoms with Gasteiger partial charge in [-0.25, -0.2) is 18.3 Å². The predicted molar refractivity (Wildman–Crippen MR) is 114 cm³/mol. The van der Waals surface area contributed by atoms with Gasteiger partial charge in [0.1, 0.15) is 11.6 Å². The average molecular weight is 455 g/mol. The second-order valence-electron chi connectivity index (χ2n) is 7.62. The number of hydrogen-bond acceptors (Lipinski definition) is 2. The van der Waals surface area contributed by atoms with E-state index >= 15 is 0 Å². The van der Waals surface area contributed by atoms with Crippen molar-refractivity contribution in [3.8, 4) is 22.3 Å². The first-order valence-corrected chi connectivity index (χ1v) is 9.81. The van der Waals surface area contributed by atoms with Crippen LogP contribution in [0.3, 0.4) is 0 Å². The molecule has 0 saturated carbocycles. The topological polar surface area (TPSA) is 50.2 Å². The molecule has 0 unspecified atom stereocenters. The van der Waals surface area contributed by atoms with Crippen LogP contribution in [0, 0.1) is 18.6 Å². The van der Waals surface area contributed by atoms with Crippen LogP contribution in [0.4, 0.5) is 22.0 Å². The van der Waals surface area contributed by atoms with Crippen LogP contribution < -0.4 is 5.56 Å². The molecule has 4 nitrogen and oxygen atoms in total. The Morgan fingerprint density at radius 1 is 0.909 bits per heavy atom. The molecule has 5 aromatic rings. The zero-order valence-electron chi connectivity index (χ0n) is 17.0. The number of fused-ring (bicyclic) bond motifs is 2. The van der Waals surface area contributed by atoms with Crippen molar-refractivity contribution >= 4 is 16.6 Å². The standard InChI is InChI=1S/C24H14F5N3O/c1-12-21(13-2-5-15(6-3-13)24(27,28)29)22-30-20-10-14(17-9-7-16(25)11-19(17)26)4-8-18(20)23(33)32(22)31-12/h2-11,31H,1H3. The summed E-state index contributed by atoms with van der Waals surface area (Å²) in [7, 11) is 0. The SMILES string of the molecule is Cc1[nH]n2c(=O)c3ccc(-c4ccc(F)cc4F)cc3nc2c1-c1ccc(C(F)(F)F)cc1. The number of rotatable bonds is 2. The van der Waals surface area contributed by atoms with Crippen LogP contribution in [0.25, 0.3) is 38.8 Å². The van der Waals surface area contributed by atoms with E-state index in [0.29, 0.717) is 22.4 Å². The second kappa shape index (κ2) is 7.26. The van der Waals surface area contributed by atoms with Gasteiger partial charge in [-0.2, -0.15) is 13.2 Å². The number of nitrogens with zero attached hydrogens (tertiary/aromatic N) is 2. The molecule has 33 heavy (non-hydrogen) atoms. The largest absolute Gasteiger partial charge is 0.416 e. The lowest BCUT2D eigenvalue weighted by Gasteiger charge is -2.08. The van der Waals surface area contributed by atoms with E-state index in [1.807, 2.05) is 0 Å². The highest BCUT2D eigenvalue weighted by Gasteiger charge is 2.30. The summed E-state index contributed by atoms with van der Waals surface area (Å²) >= 11 is 0. The Morgan fingerprint density at radius 3 is 2.27 bits per heavy atom. The quantitative estimate of drug-likeness (QED) is 0.326. The molecule has 0 atom stereocenters. The van der Waals surface area contributed by atoms with Gasteiger partial charge < -0.3 is 0 Å². The number of halogens is 5. The van der Waals surface area contributed by atoms with Crippen LogP contribution in [-0.4, -0.2) is 14.6 Å². The maximum atomic E-state index is 14.3. The third-order valence-electron chi connectivity index (χ3n) is 5.49. The number of benzene rings is 3. The minimum Gasteiger partial charge on any atom is -0.293 e. The molecule has 0 spiro atoms. The molecule has 0 aliphatic rings. The molecule has 0 radical (unpaired) electrons. The molecule has 166 valence electrons. The number of aromatic amines is 1. The molecule has 0 saturated heterocycles. The molecule has 0 fully saturated rings. The fourth-order valence-corrected chi connectivity index (χ4v) is 3.91. The van der Waals surface area contributed by atoms with E-state index in [-0.39, 0.29) is 22.1 Å². The molecule has 3 aromatic carbocycles. The lowest BCUT2D eigenvalue weighted by atomic mass is 10.0. The lowest BCUT2D eigenvalue weighted by molar-refractivity contribution is -0.137. The molecule has 0 bridgehead atoms. The first-order chi connectivity index (χ1) is 15.6. The van der Waals surface area contributed by atoms with Gasteiger partial charge >= 0.3 is 6.18 Å². The predicted octanol–water partition coefficient (Wildman–Crippen LogP) is 6.12. The zero-order chi connectivity index (χ0) is 23.5. The van der Waals surface area contributed by atoms with Gasteiger partial charge in [-0.05, 0) is 54.4 Å². The lowest BCUT2D eigenvalue weighted by Crippen LogP contribution is -2.15. The second-order valence-corrected chi connectivity index (χ2v) is 7.62. The van der Waals surface area contributed by atoms with Gasteiger partial charge in [-0.15, -0.1) is 0 Å². The number of alkyl halides is 3. The smallest absolute Gasteiger partial charge is 0.293 e. The Balaban J connectivity index is 1.72. The first kappa shape index (κ1) is 20.9. The average Bonchev–Trinajstić information content (AvgIpc) is 3.09. The van der Waals surface area contributed by atoms with Crippen molar-refractivity contribution in [3.05, 3.63) is 93.9 Å². The maximum Gasteiger partial charge on any atom is 0.416 e. The Hall–Kier alpha value is -4.01. The number of aromatic nitrogens is 3. The molecule has 1 N–H and O–H groups in total. The van der Waals surface area contributed by atoms with E-state index in [0.717, 1.165) is 24.3 Å². The summed E-state index contributed by atoms with van der Waals surface area (Å²) in [4.78, 5) is 17.6. The Morgan fingerprint density at radius 2 is 1.61 bits per heavy atom. The fraction of sp³-hybridized carbons (Fsp3) is 0.0833. The Labute approximate surface area is 182 Å². The third-order valence-corrected chi connectivity index (χ3v) is 5.49. The van der Waals surface area contributed by atoms with Gasteiger partial charge in [0.05, 0.1) is 16.5 Å². The van der Waals surface area contributed by atoms with Crippen LogP contribution >= 0.6 is 0 Å². The number of H-pyrrole nitrogens is 1. The van der Waals surface area contributed by atoms with E-state index in [1.54, 1.807) is 13.0 Å². The normalized spacial score (nSPS) is 12.1. The van der Waals surface area contributed by atoms with Crippen LogP contribution in [0.5, 0.6) is 0 Å². The molecular weight excluding hydrogens is 441 g/mol. The van der Waals surface area contributed by atoms with Crippen molar-refractivity contribution < 1.29 is 22.0 Å². The number of hydrogen-bond donors (Lipinski definition) is 1. The van der Waals surface area contributed by atoms with Gasteiger partial charge in [0.25, 0.3) is 5.56 Å². The van der Waals surface area contributed by atoms with Gasteiger partial charge in [-0.1, -0.05) is 18.2 Å². The first-order valence-electron chi connectivity index (χ1n) is 9.81. The van der Waals surface area contributed by atoms with E-state index in [4.69, 9.17) is 0 Å². The summed E-state index contributed by atoms with van der Waals surface area (Å²) in [6.45, 7) is 1.69. The molecule has 2 heterocycles. The number of nitrogens with one attached hydrogen (secondary N) is 1. The summed E-state index contributed by atoms with van der Waals surface area (Å²) in [5, 5.41) is 3.17. The Kier molecular flexibility index (Phi) is 4.59. The van der Waals surface area contributed by atoms with Gasteiger partial charge in [0, 0.05) is 22.9 Å². The summed E-state index contributed by atoms with van der Waals surface area (Å²) in [5.74, 6) is -1.46. The summed E-state index contributed by atoms with van der Waals surface area (Å²) in [6, 6.07) is 12.3. The van der Waals surface area contributed by atoms with Crippen LogP contribution in [-0.2, 0) is 6.18 Å². The fourth-order valence-electron chi connectivity index (χ4n) is 3.91. The molecule has 0 aliphatic heterocycles. The van der Waals surface area contributed by atoms with Crippen molar-refractivity contribution in [3.63, 3.8) is 0 Å². The third kappa shape index (κ3) is 3.45. The summed E-state index contributed by atoms with van der Waals surface area (Å²) in [6.07, 6.45) is -4.47. The van der Waals surface area contributed by atoms with Crippen LogP contribution in [0.15, 0.2) is 65.5 Å². The van der Waals surface area contributed by atoms with Crippen molar-refractivity contribution in [2.45, 2.75) is 13.1 Å². The number of aryl methyl sites for hydroxylation is 1. The maximum absolute atomic E-state index is 14.3. The van der Waals surface area contributed by atoms with Crippen molar-refractivity contribution in [2.75, 3.05) is 0 Å². The highest BCUT2D eigenvalue weighted by atomic mass is 19.4.